The van der Waals surface area contributed by atoms with Gasteiger partial charge >= 0.3 is 0 Å². The summed E-state index contributed by atoms with van der Waals surface area (Å²) in [7, 11) is 0. The average Bonchev–Trinajstić information content (AvgIpc) is 3.08. The summed E-state index contributed by atoms with van der Waals surface area (Å²) in [6.45, 7) is 1.79. The normalized spacial score (nSPS) is 34.6. The fourth-order valence-electron chi connectivity index (χ4n) is 5.06. The fraction of sp³-hybridized carbons (Fsp3) is 0.778. The van der Waals surface area contributed by atoms with Gasteiger partial charge in [-0.1, -0.05) is 6.42 Å². The van der Waals surface area contributed by atoms with Crippen molar-refractivity contribution in [2.24, 2.45) is 23.5 Å². The molecule has 0 aromatic carbocycles. The standard InChI is InChI=1S/C18H27N3OS.2ClH/c19-16-12-3-1-4-13(16)10-15(9-12)18(22)21-7-2-5-14(11-21)17-20-6-8-23-17;;/h6,8,12-16H,1-5,7,9-11,19H2;2*1H. The summed E-state index contributed by atoms with van der Waals surface area (Å²) in [5, 5.41) is 3.24. The van der Waals surface area contributed by atoms with E-state index in [-0.39, 0.29) is 30.7 Å². The van der Waals surface area contributed by atoms with Crippen LogP contribution in [-0.4, -0.2) is 34.9 Å². The van der Waals surface area contributed by atoms with Crippen molar-refractivity contribution in [1.29, 1.82) is 0 Å². The van der Waals surface area contributed by atoms with Gasteiger partial charge in [0.1, 0.15) is 0 Å². The van der Waals surface area contributed by atoms with E-state index >= 15 is 0 Å². The number of amides is 1. The molecular weight excluding hydrogens is 377 g/mol. The first kappa shape index (κ1) is 20.9. The van der Waals surface area contributed by atoms with Gasteiger partial charge in [-0.15, -0.1) is 36.2 Å². The van der Waals surface area contributed by atoms with E-state index in [0.29, 0.717) is 29.7 Å². The molecule has 25 heavy (non-hydrogen) atoms. The summed E-state index contributed by atoms with van der Waals surface area (Å²) in [5.41, 5.74) is 6.38. The molecule has 2 aliphatic carbocycles. The number of aromatic nitrogens is 1. The summed E-state index contributed by atoms with van der Waals surface area (Å²) in [5.74, 6) is 2.22. The lowest BCUT2D eigenvalue weighted by Crippen LogP contribution is -2.50. The van der Waals surface area contributed by atoms with E-state index in [1.54, 1.807) is 11.3 Å². The van der Waals surface area contributed by atoms with Crippen LogP contribution in [0.25, 0.3) is 0 Å². The van der Waals surface area contributed by atoms with Crippen LogP contribution in [0.15, 0.2) is 11.6 Å². The van der Waals surface area contributed by atoms with Gasteiger partial charge in [0.25, 0.3) is 0 Å². The van der Waals surface area contributed by atoms with Crippen molar-refractivity contribution >= 4 is 42.1 Å². The molecule has 1 aliphatic heterocycles. The van der Waals surface area contributed by atoms with Crippen LogP contribution in [0.4, 0.5) is 0 Å². The number of fused-ring (bicyclic) bond motifs is 2. The average molecular weight is 406 g/mol. The Morgan fingerprint density at radius 3 is 2.52 bits per heavy atom. The topological polar surface area (TPSA) is 59.2 Å². The Kier molecular flexibility index (Phi) is 7.56. The lowest BCUT2D eigenvalue weighted by Gasteiger charge is -2.45. The Morgan fingerprint density at radius 2 is 1.88 bits per heavy atom. The van der Waals surface area contributed by atoms with Crippen LogP contribution in [0.2, 0.25) is 0 Å². The third kappa shape index (κ3) is 4.32. The molecule has 1 aromatic heterocycles. The van der Waals surface area contributed by atoms with Gasteiger partial charge in [0.15, 0.2) is 0 Å². The molecule has 2 heterocycles. The van der Waals surface area contributed by atoms with Gasteiger partial charge in [0.05, 0.1) is 5.01 Å². The molecule has 4 nitrogen and oxygen atoms in total. The van der Waals surface area contributed by atoms with Gasteiger partial charge in [0, 0.05) is 42.5 Å². The van der Waals surface area contributed by atoms with E-state index in [9.17, 15) is 4.79 Å². The highest BCUT2D eigenvalue weighted by molar-refractivity contribution is 7.09. The first-order valence-electron chi connectivity index (χ1n) is 9.16. The number of thiazole rings is 1. The van der Waals surface area contributed by atoms with E-state index in [1.165, 1.54) is 24.3 Å². The fourth-order valence-corrected chi connectivity index (χ4v) is 5.83. The number of carbonyl (C=O) groups is 1. The highest BCUT2D eigenvalue weighted by Crippen LogP contribution is 2.43. The van der Waals surface area contributed by atoms with Crippen LogP contribution in [0.5, 0.6) is 0 Å². The maximum Gasteiger partial charge on any atom is 0.225 e. The number of halogens is 2. The second kappa shape index (κ2) is 9.03. The largest absolute Gasteiger partial charge is 0.342 e. The quantitative estimate of drug-likeness (QED) is 0.812. The Morgan fingerprint density at radius 1 is 1.16 bits per heavy atom. The predicted octanol–water partition coefficient (Wildman–Crippen LogP) is 3.85. The van der Waals surface area contributed by atoms with Crippen molar-refractivity contribution < 1.29 is 4.79 Å². The van der Waals surface area contributed by atoms with Crippen molar-refractivity contribution in [2.75, 3.05) is 13.1 Å². The van der Waals surface area contributed by atoms with Crippen LogP contribution in [0, 0.1) is 17.8 Å². The zero-order valence-corrected chi connectivity index (χ0v) is 17.0. The molecule has 4 rings (SSSR count). The van der Waals surface area contributed by atoms with Gasteiger partial charge in [-0.2, -0.15) is 0 Å². The SMILES string of the molecule is Cl.Cl.NC1C2CCCC1CC(C(=O)N1CCCC(c3nccs3)C1)C2. The lowest BCUT2D eigenvalue weighted by molar-refractivity contribution is -0.139. The molecule has 2 N–H and O–H groups in total. The zero-order valence-electron chi connectivity index (χ0n) is 14.5. The molecule has 3 fully saturated rings. The number of rotatable bonds is 2. The number of hydrogen-bond acceptors (Lipinski definition) is 4. The zero-order chi connectivity index (χ0) is 15.8. The van der Waals surface area contributed by atoms with Crippen LogP contribution in [0.3, 0.4) is 0 Å². The highest BCUT2D eigenvalue weighted by Gasteiger charge is 2.42. The molecule has 1 aromatic rings. The van der Waals surface area contributed by atoms with Crippen LogP contribution in [-0.2, 0) is 4.79 Å². The summed E-state index contributed by atoms with van der Waals surface area (Å²) < 4.78 is 0. The van der Waals surface area contributed by atoms with Gasteiger partial charge in [0.2, 0.25) is 5.91 Å². The van der Waals surface area contributed by atoms with Gasteiger partial charge in [-0.05, 0) is 50.4 Å². The molecule has 3 aliphatic rings. The highest BCUT2D eigenvalue weighted by atomic mass is 35.5. The molecule has 7 heteroatoms. The number of piperidine rings is 1. The maximum atomic E-state index is 13.1. The minimum atomic E-state index is 0. The number of nitrogens with two attached hydrogens (primary N) is 1. The lowest BCUT2D eigenvalue weighted by atomic mass is 9.65. The smallest absolute Gasteiger partial charge is 0.225 e. The Bertz CT molecular complexity index is 543. The number of carbonyl (C=O) groups excluding carboxylic acids is 1. The van der Waals surface area contributed by atoms with Crippen LogP contribution >= 0.6 is 36.2 Å². The van der Waals surface area contributed by atoms with Gasteiger partial charge in [-0.3, -0.25) is 4.79 Å². The molecule has 142 valence electrons. The maximum absolute atomic E-state index is 13.1. The van der Waals surface area contributed by atoms with Crippen molar-refractivity contribution in [3.8, 4) is 0 Å². The minimum Gasteiger partial charge on any atom is -0.342 e. The predicted molar refractivity (Wildman–Crippen MR) is 107 cm³/mol. The second-order valence-corrected chi connectivity index (χ2v) is 8.62. The molecule has 2 saturated carbocycles. The molecule has 0 radical (unpaired) electrons. The molecule has 0 spiro atoms. The third-order valence-corrected chi connectivity index (χ3v) is 7.23. The van der Waals surface area contributed by atoms with Crippen molar-refractivity contribution in [3.05, 3.63) is 16.6 Å². The van der Waals surface area contributed by atoms with Crippen molar-refractivity contribution in [2.45, 2.75) is 56.9 Å². The third-order valence-electron chi connectivity index (χ3n) is 6.30. The number of likely N-dealkylation sites (tertiary alicyclic amines) is 1. The Hall–Kier alpha value is -0.360. The molecular formula is C18H29Cl2N3OS. The Balaban J connectivity index is 0.00000113. The summed E-state index contributed by atoms with van der Waals surface area (Å²) in [4.78, 5) is 19.7. The number of nitrogens with zero attached hydrogens (tertiary/aromatic N) is 2. The molecule has 1 saturated heterocycles. The number of hydrogen-bond donors (Lipinski definition) is 1. The van der Waals surface area contributed by atoms with E-state index in [2.05, 4.69) is 9.88 Å². The molecule has 3 atom stereocenters. The van der Waals surface area contributed by atoms with Crippen LogP contribution < -0.4 is 5.73 Å². The van der Waals surface area contributed by atoms with E-state index in [1.807, 2.05) is 11.6 Å². The summed E-state index contributed by atoms with van der Waals surface area (Å²) in [6.07, 6.45) is 9.95. The van der Waals surface area contributed by atoms with Gasteiger partial charge in [-0.25, -0.2) is 4.98 Å². The molecule has 3 unspecified atom stereocenters. The summed E-state index contributed by atoms with van der Waals surface area (Å²) in [6, 6.07) is 0.345. The van der Waals surface area contributed by atoms with E-state index < -0.39 is 0 Å². The van der Waals surface area contributed by atoms with Crippen molar-refractivity contribution in [3.63, 3.8) is 0 Å². The first-order valence-corrected chi connectivity index (χ1v) is 10.0. The van der Waals surface area contributed by atoms with E-state index in [0.717, 1.165) is 38.8 Å². The van der Waals surface area contributed by atoms with Crippen molar-refractivity contribution in [1.82, 2.24) is 9.88 Å². The van der Waals surface area contributed by atoms with Crippen LogP contribution in [0.1, 0.15) is 55.9 Å². The molecule has 1 amide bonds. The van der Waals surface area contributed by atoms with E-state index in [4.69, 9.17) is 5.73 Å². The Labute approximate surface area is 166 Å². The summed E-state index contributed by atoms with van der Waals surface area (Å²) >= 11 is 1.73. The monoisotopic (exact) mass is 405 g/mol. The second-order valence-electron chi connectivity index (χ2n) is 7.69. The van der Waals surface area contributed by atoms with Gasteiger partial charge < -0.3 is 10.6 Å². The first-order chi connectivity index (χ1) is 11.2. The minimum absolute atomic E-state index is 0. The molecule has 2 bridgehead atoms.